The third-order valence-corrected chi connectivity index (χ3v) is 3.23. The zero-order valence-electron chi connectivity index (χ0n) is 12.7. The Morgan fingerprint density at radius 3 is 0.600 bits per heavy atom. The molecule has 0 aliphatic rings. The van der Waals surface area contributed by atoms with Gasteiger partial charge in [0.2, 0.25) is 0 Å². The van der Waals surface area contributed by atoms with Crippen molar-refractivity contribution in [2.24, 2.45) is 0 Å². The van der Waals surface area contributed by atoms with Crippen molar-refractivity contribution < 1.29 is 87.8 Å². The second kappa shape index (κ2) is 7.06. The SMILES string of the molecule is FC(C(F)(F)F)C(F)(F)C(F)(F)C(F)(F)C(F)(F)C(F)(F)C(F)(F)C(F)C(F)(F)F. The molecular formula is C10H2F20. The second-order valence-electron chi connectivity index (χ2n) is 5.35. The normalized spacial score (nSPS) is 18.4. The van der Waals surface area contributed by atoms with E-state index in [4.69, 9.17) is 0 Å². The molecule has 0 heterocycles. The first-order chi connectivity index (χ1) is 12.6. The summed E-state index contributed by atoms with van der Waals surface area (Å²) in [5, 5.41) is 0. The van der Waals surface area contributed by atoms with Gasteiger partial charge in [0.15, 0.2) is 0 Å². The average molecular weight is 502 g/mol. The summed E-state index contributed by atoms with van der Waals surface area (Å²) in [6.45, 7) is 0. The number of halogens is 20. The molecule has 0 fully saturated rings. The maximum Gasteiger partial charge on any atom is 0.425 e. The summed E-state index contributed by atoms with van der Waals surface area (Å²) in [7, 11) is 0. The molecule has 2 unspecified atom stereocenters. The molecule has 0 N–H and O–H groups in total. The highest BCUT2D eigenvalue weighted by Crippen LogP contribution is 2.62. The lowest BCUT2D eigenvalue weighted by Gasteiger charge is -2.42. The minimum Gasteiger partial charge on any atom is -0.230 e. The molecule has 0 amide bonds. The first-order valence-electron chi connectivity index (χ1n) is 6.24. The van der Waals surface area contributed by atoms with Gasteiger partial charge in [0.05, 0.1) is 0 Å². The molecule has 0 aromatic rings. The molecule has 0 nitrogen and oxygen atoms in total. The van der Waals surface area contributed by atoms with Crippen LogP contribution in [-0.4, -0.2) is 60.2 Å². The van der Waals surface area contributed by atoms with E-state index in [0.717, 1.165) is 0 Å². The van der Waals surface area contributed by atoms with E-state index < -0.39 is 60.2 Å². The Morgan fingerprint density at radius 1 is 0.300 bits per heavy atom. The zero-order chi connectivity index (χ0) is 25.2. The molecule has 20 heteroatoms. The van der Waals surface area contributed by atoms with E-state index in [1.807, 2.05) is 0 Å². The van der Waals surface area contributed by atoms with Crippen molar-refractivity contribution in [1.82, 2.24) is 0 Å². The Balaban J connectivity index is 6.67. The Morgan fingerprint density at radius 2 is 0.467 bits per heavy atom. The van der Waals surface area contributed by atoms with Gasteiger partial charge < -0.3 is 0 Å². The fourth-order valence-electron chi connectivity index (χ4n) is 1.54. The summed E-state index contributed by atoms with van der Waals surface area (Å²) in [5.74, 6) is -50.9. The van der Waals surface area contributed by atoms with Crippen LogP contribution in [0.4, 0.5) is 87.8 Å². The largest absolute Gasteiger partial charge is 0.425 e. The molecule has 0 rings (SSSR count). The fraction of sp³-hybridized carbons (Fsp3) is 1.00. The number of rotatable bonds is 7. The van der Waals surface area contributed by atoms with Gasteiger partial charge in [-0.15, -0.1) is 0 Å². The van der Waals surface area contributed by atoms with Crippen LogP contribution in [0.1, 0.15) is 0 Å². The van der Waals surface area contributed by atoms with E-state index in [1.165, 1.54) is 0 Å². The van der Waals surface area contributed by atoms with Crippen LogP contribution in [0, 0.1) is 0 Å². The highest BCUT2D eigenvalue weighted by atomic mass is 19.4. The van der Waals surface area contributed by atoms with Gasteiger partial charge in [-0.3, -0.25) is 0 Å². The van der Waals surface area contributed by atoms with Gasteiger partial charge in [-0.05, 0) is 0 Å². The van der Waals surface area contributed by atoms with Gasteiger partial charge in [0.1, 0.15) is 0 Å². The van der Waals surface area contributed by atoms with Crippen molar-refractivity contribution >= 4 is 0 Å². The highest BCUT2D eigenvalue weighted by molar-refractivity contribution is 5.14. The van der Waals surface area contributed by atoms with Gasteiger partial charge in [0.25, 0.3) is 12.3 Å². The van der Waals surface area contributed by atoms with Crippen molar-refractivity contribution in [3.63, 3.8) is 0 Å². The van der Waals surface area contributed by atoms with Crippen LogP contribution in [0.2, 0.25) is 0 Å². The molecule has 0 aliphatic heterocycles. The summed E-state index contributed by atoms with van der Waals surface area (Å²) in [6, 6.07) is 0. The van der Waals surface area contributed by atoms with Crippen molar-refractivity contribution in [3.8, 4) is 0 Å². The van der Waals surface area contributed by atoms with Gasteiger partial charge >= 0.3 is 47.9 Å². The van der Waals surface area contributed by atoms with Gasteiger partial charge in [-0.2, -0.15) is 79.0 Å². The zero-order valence-corrected chi connectivity index (χ0v) is 12.7. The molecule has 182 valence electrons. The highest BCUT2D eigenvalue weighted by Gasteiger charge is 2.93. The predicted molar refractivity (Wildman–Crippen MR) is 51.6 cm³/mol. The molecule has 0 bridgehead atoms. The van der Waals surface area contributed by atoms with Crippen LogP contribution in [0.15, 0.2) is 0 Å². The fourth-order valence-corrected chi connectivity index (χ4v) is 1.54. The molecule has 2 atom stereocenters. The lowest BCUT2D eigenvalue weighted by molar-refractivity contribution is -0.444. The van der Waals surface area contributed by atoms with Crippen molar-refractivity contribution in [1.29, 1.82) is 0 Å². The summed E-state index contributed by atoms with van der Waals surface area (Å²) in [5.41, 5.74) is 0. The molecule has 30 heavy (non-hydrogen) atoms. The first-order valence-corrected chi connectivity index (χ1v) is 6.24. The number of hydrogen-bond donors (Lipinski definition) is 0. The standard InChI is InChI=1S/C10H2F20/c11-1(5(17,18)19)3(13,14)7(23,24)9(27,28)10(29,30)8(25,26)4(15,16)2(12)6(20,21)22/h1-2H. The molecule has 0 saturated carbocycles. The Kier molecular flexibility index (Phi) is 6.73. The minimum atomic E-state index is -8.79. The van der Waals surface area contributed by atoms with Crippen LogP contribution in [0.5, 0.6) is 0 Å². The van der Waals surface area contributed by atoms with Crippen LogP contribution in [-0.2, 0) is 0 Å². The second-order valence-corrected chi connectivity index (χ2v) is 5.35. The number of hydrogen-bond acceptors (Lipinski definition) is 0. The van der Waals surface area contributed by atoms with Crippen LogP contribution in [0.25, 0.3) is 0 Å². The molecule has 0 aromatic carbocycles. The topological polar surface area (TPSA) is 0 Å². The van der Waals surface area contributed by atoms with Gasteiger partial charge in [-0.1, -0.05) is 0 Å². The predicted octanol–water partition coefficient (Wildman–Crippen LogP) is 6.60. The number of alkyl halides is 20. The van der Waals surface area contributed by atoms with E-state index in [1.54, 1.807) is 0 Å². The smallest absolute Gasteiger partial charge is 0.230 e. The summed E-state index contributed by atoms with van der Waals surface area (Å²) in [6.07, 6.45) is -27.4. The molecule has 0 radical (unpaired) electrons. The maximum absolute atomic E-state index is 13.1. The van der Waals surface area contributed by atoms with Crippen molar-refractivity contribution in [2.45, 2.75) is 60.2 Å². The quantitative estimate of drug-likeness (QED) is 0.345. The van der Waals surface area contributed by atoms with Gasteiger partial charge in [-0.25, -0.2) is 8.78 Å². The maximum atomic E-state index is 13.1. The minimum absolute atomic E-state index is 6.47. The summed E-state index contributed by atoms with van der Waals surface area (Å²) >= 11 is 0. The average Bonchev–Trinajstić information content (AvgIpc) is 2.50. The van der Waals surface area contributed by atoms with Crippen LogP contribution >= 0.6 is 0 Å². The molecule has 0 aromatic heterocycles. The van der Waals surface area contributed by atoms with E-state index in [2.05, 4.69) is 0 Å². The lowest BCUT2D eigenvalue weighted by Crippen LogP contribution is -2.74. The third-order valence-electron chi connectivity index (χ3n) is 3.23. The Hall–Kier alpha value is -1.40. The van der Waals surface area contributed by atoms with Crippen molar-refractivity contribution in [3.05, 3.63) is 0 Å². The van der Waals surface area contributed by atoms with E-state index in [0.29, 0.717) is 0 Å². The lowest BCUT2D eigenvalue weighted by atomic mass is 9.88. The Bertz CT molecular complexity index is 552. The van der Waals surface area contributed by atoms with Gasteiger partial charge in [0, 0.05) is 0 Å². The van der Waals surface area contributed by atoms with Crippen LogP contribution in [0.3, 0.4) is 0 Å². The molecule has 0 saturated heterocycles. The summed E-state index contributed by atoms with van der Waals surface area (Å²) in [4.78, 5) is 0. The monoisotopic (exact) mass is 502 g/mol. The van der Waals surface area contributed by atoms with Crippen molar-refractivity contribution in [2.75, 3.05) is 0 Å². The first kappa shape index (κ1) is 28.6. The molecule has 0 aliphatic carbocycles. The van der Waals surface area contributed by atoms with E-state index in [9.17, 15) is 87.8 Å². The molecular weight excluding hydrogens is 500 g/mol. The Labute approximate surface area is 149 Å². The third kappa shape index (κ3) is 3.81. The van der Waals surface area contributed by atoms with E-state index >= 15 is 0 Å². The summed E-state index contributed by atoms with van der Waals surface area (Å²) < 4.78 is 251. The van der Waals surface area contributed by atoms with E-state index in [-0.39, 0.29) is 0 Å². The van der Waals surface area contributed by atoms with Crippen LogP contribution < -0.4 is 0 Å². The molecule has 0 spiro atoms.